The summed E-state index contributed by atoms with van der Waals surface area (Å²) in [5.41, 5.74) is 5.90. The van der Waals surface area contributed by atoms with E-state index in [2.05, 4.69) is 16.8 Å². The molecule has 0 spiro atoms. The molecule has 1 aromatic rings. The summed E-state index contributed by atoms with van der Waals surface area (Å²) in [5, 5.41) is 0. The summed E-state index contributed by atoms with van der Waals surface area (Å²) in [5.74, 6) is 3.18. The molecule has 1 aromatic heterocycles. The van der Waals surface area contributed by atoms with Crippen molar-refractivity contribution in [1.82, 2.24) is 9.97 Å². The molecule has 0 bridgehead atoms. The number of nitrogen functional groups attached to an aromatic ring is 1. The molecule has 0 aromatic carbocycles. The fourth-order valence-electron chi connectivity index (χ4n) is 2.58. The normalized spacial score (nSPS) is 25.0. The van der Waals surface area contributed by atoms with Gasteiger partial charge in [0.1, 0.15) is 17.5 Å². The first kappa shape index (κ1) is 10.8. The minimum Gasteiger partial charge on any atom is -0.384 e. The van der Waals surface area contributed by atoms with E-state index >= 15 is 0 Å². The quantitative estimate of drug-likeness (QED) is 0.850. The Labute approximate surface area is 102 Å². The molecule has 3 rings (SSSR count). The van der Waals surface area contributed by atoms with Crippen LogP contribution in [-0.4, -0.2) is 22.6 Å². The van der Waals surface area contributed by atoms with Crippen molar-refractivity contribution in [2.75, 3.05) is 17.2 Å². The number of hydrogen-bond acceptors (Lipinski definition) is 4. The van der Waals surface area contributed by atoms with E-state index in [-0.39, 0.29) is 0 Å². The molecule has 1 unspecified atom stereocenters. The first-order valence-electron chi connectivity index (χ1n) is 6.65. The molecule has 2 fully saturated rings. The Hall–Kier alpha value is -1.32. The Morgan fingerprint density at radius 2 is 2.06 bits per heavy atom. The molecule has 17 heavy (non-hydrogen) atoms. The first-order chi connectivity index (χ1) is 8.24. The summed E-state index contributed by atoms with van der Waals surface area (Å²) in [6.45, 7) is 3.37. The number of aromatic nitrogens is 2. The van der Waals surface area contributed by atoms with Crippen molar-refractivity contribution in [3.63, 3.8) is 0 Å². The zero-order valence-electron chi connectivity index (χ0n) is 10.4. The third kappa shape index (κ3) is 2.21. The summed E-state index contributed by atoms with van der Waals surface area (Å²) in [6, 6.07) is 2.50. The number of anilines is 2. The zero-order valence-corrected chi connectivity index (χ0v) is 10.4. The molecule has 4 heteroatoms. The maximum Gasteiger partial charge on any atom is 0.136 e. The molecule has 92 valence electrons. The van der Waals surface area contributed by atoms with E-state index in [0.29, 0.717) is 17.8 Å². The number of piperidine rings is 1. The van der Waals surface area contributed by atoms with Crippen LogP contribution < -0.4 is 10.6 Å². The van der Waals surface area contributed by atoms with Crippen LogP contribution in [0.15, 0.2) is 6.07 Å². The largest absolute Gasteiger partial charge is 0.384 e. The molecule has 4 nitrogen and oxygen atoms in total. The van der Waals surface area contributed by atoms with Crippen molar-refractivity contribution in [3.05, 3.63) is 11.9 Å². The molecule has 2 N–H and O–H groups in total. The Morgan fingerprint density at radius 1 is 1.24 bits per heavy atom. The van der Waals surface area contributed by atoms with Crippen LogP contribution in [0, 0.1) is 0 Å². The standard InChI is InChI=1S/C13H20N4/c1-9-4-2-3-7-17(9)12-8-11(14)15-13(16-12)10-5-6-10/h8-10H,2-7H2,1H3,(H2,14,15,16). The van der Waals surface area contributed by atoms with Gasteiger partial charge >= 0.3 is 0 Å². The molecule has 1 aliphatic carbocycles. The van der Waals surface area contributed by atoms with Gasteiger partial charge in [-0.1, -0.05) is 0 Å². The highest BCUT2D eigenvalue weighted by Crippen LogP contribution is 2.39. The predicted octanol–water partition coefficient (Wildman–Crippen LogP) is 2.32. The summed E-state index contributed by atoms with van der Waals surface area (Å²) in [7, 11) is 0. The highest BCUT2D eigenvalue weighted by atomic mass is 15.2. The second-order valence-corrected chi connectivity index (χ2v) is 5.32. The zero-order chi connectivity index (χ0) is 11.8. The number of nitrogens with zero attached hydrogens (tertiary/aromatic N) is 3. The smallest absolute Gasteiger partial charge is 0.136 e. The third-order valence-corrected chi connectivity index (χ3v) is 3.79. The maximum atomic E-state index is 5.90. The third-order valence-electron chi connectivity index (χ3n) is 3.79. The lowest BCUT2D eigenvalue weighted by atomic mass is 10.0. The fourth-order valence-corrected chi connectivity index (χ4v) is 2.58. The van der Waals surface area contributed by atoms with Crippen LogP contribution in [0.2, 0.25) is 0 Å². The van der Waals surface area contributed by atoms with E-state index in [1.165, 1.54) is 32.1 Å². The van der Waals surface area contributed by atoms with Crippen molar-refractivity contribution in [2.24, 2.45) is 0 Å². The van der Waals surface area contributed by atoms with Crippen LogP contribution >= 0.6 is 0 Å². The van der Waals surface area contributed by atoms with Gasteiger partial charge in [-0.05, 0) is 39.0 Å². The summed E-state index contributed by atoms with van der Waals surface area (Å²) in [4.78, 5) is 11.4. The first-order valence-corrected chi connectivity index (χ1v) is 6.65. The van der Waals surface area contributed by atoms with Crippen LogP contribution in [0.1, 0.15) is 50.8 Å². The molecular weight excluding hydrogens is 212 g/mol. The number of rotatable bonds is 2. The summed E-state index contributed by atoms with van der Waals surface area (Å²) in [6.07, 6.45) is 6.28. The fraction of sp³-hybridized carbons (Fsp3) is 0.692. The maximum absolute atomic E-state index is 5.90. The van der Waals surface area contributed by atoms with E-state index in [0.717, 1.165) is 18.2 Å². The topological polar surface area (TPSA) is 55.0 Å². The van der Waals surface area contributed by atoms with Crippen molar-refractivity contribution in [1.29, 1.82) is 0 Å². The van der Waals surface area contributed by atoms with Crippen LogP contribution in [0.4, 0.5) is 11.6 Å². The van der Waals surface area contributed by atoms with Gasteiger partial charge < -0.3 is 10.6 Å². The van der Waals surface area contributed by atoms with Gasteiger partial charge in [-0.25, -0.2) is 9.97 Å². The van der Waals surface area contributed by atoms with Gasteiger partial charge in [-0.2, -0.15) is 0 Å². The van der Waals surface area contributed by atoms with Crippen molar-refractivity contribution >= 4 is 11.6 Å². The van der Waals surface area contributed by atoms with E-state index in [4.69, 9.17) is 10.7 Å². The van der Waals surface area contributed by atoms with Crippen LogP contribution in [0.3, 0.4) is 0 Å². The van der Waals surface area contributed by atoms with Crippen LogP contribution in [0.5, 0.6) is 0 Å². The van der Waals surface area contributed by atoms with Gasteiger partial charge in [0.05, 0.1) is 0 Å². The summed E-state index contributed by atoms with van der Waals surface area (Å²) < 4.78 is 0. The lowest BCUT2D eigenvalue weighted by molar-refractivity contribution is 0.480. The average molecular weight is 232 g/mol. The number of hydrogen-bond donors (Lipinski definition) is 1. The highest BCUT2D eigenvalue weighted by Gasteiger charge is 2.28. The second-order valence-electron chi connectivity index (χ2n) is 5.32. The van der Waals surface area contributed by atoms with Gasteiger partial charge in [0.2, 0.25) is 0 Å². The van der Waals surface area contributed by atoms with E-state index in [1.54, 1.807) is 0 Å². The Morgan fingerprint density at radius 3 is 2.76 bits per heavy atom. The molecule has 1 atom stereocenters. The summed E-state index contributed by atoms with van der Waals surface area (Å²) >= 11 is 0. The number of nitrogens with two attached hydrogens (primary N) is 1. The predicted molar refractivity (Wildman–Crippen MR) is 69.1 cm³/mol. The second kappa shape index (κ2) is 4.17. The van der Waals surface area contributed by atoms with Gasteiger partial charge in [0, 0.05) is 24.6 Å². The Balaban J connectivity index is 1.90. The average Bonchev–Trinajstić information content (AvgIpc) is 3.12. The lowest BCUT2D eigenvalue weighted by Crippen LogP contribution is -2.38. The lowest BCUT2D eigenvalue weighted by Gasteiger charge is -2.34. The van der Waals surface area contributed by atoms with E-state index in [1.807, 2.05) is 6.07 Å². The van der Waals surface area contributed by atoms with E-state index in [9.17, 15) is 0 Å². The van der Waals surface area contributed by atoms with Crippen molar-refractivity contribution < 1.29 is 0 Å². The van der Waals surface area contributed by atoms with Crippen LogP contribution in [0.25, 0.3) is 0 Å². The molecule has 2 heterocycles. The minimum atomic E-state index is 0.567. The molecule has 0 amide bonds. The van der Waals surface area contributed by atoms with Gasteiger partial charge in [0.25, 0.3) is 0 Å². The Kier molecular flexibility index (Phi) is 2.65. The van der Waals surface area contributed by atoms with E-state index < -0.39 is 0 Å². The molecule has 2 aliphatic rings. The SMILES string of the molecule is CC1CCCCN1c1cc(N)nc(C2CC2)n1. The molecule has 0 radical (unpaired) electrons. The monoisotopic (exact) mass is 232 g/mol. The van der Waals surface area contributed by atoms with Gasteiger partial charge in [-0.15, -0.1) is 0 Å². The van der Waals surface area contributed by atoms with Crippen molar-refractivity contribution in [3.8, 4) is 0 Å². The van der Waals surface area contributed by atoms with Gasteiger partial charge in [0.15, 0.2) is 0 Å². The molecule has 1 saturated heterocycles. The van der Waals surface area contributed by atoms with Crippen LogP contribution in [-0.2, 0) is 0 Å². The minimum absolute atomic E-state index is 0.567. The molecular formula is C13H20N4. The highest BCUT2D eigenvalue weighted by molar-refractivity contribution is 5.48. The van der Waals surface area contributed by atoms with Crippen molar-refractivity contribution in [2.45, 2.75) is 51.0 Å². The molecule has 1 saturated carbocycles. The van der Waals surface area contributed by atoms with Gasteiger partial charge in [-0.3, -0.25) is 0 Å². The Bertz CT molecular complexity index is 414. The molecule has 1 aliphatic heterocycles.